The normalized spacial score (nSPS) is 16.4. The Hall–Kier alpha value is -1.33. The molecule has 1 aromatic carbocycles. The van der Waals surface area contributed by atoms with Gasteiger partial charge >= 0.3 is 0 Å². The van der Waals surface area contributed by atoms with E-state index in [0.29, 0.717) is 0 Å². The number of carbonyl (C=O) groups excluding carboxylic acids is 1. The maximum atomic E-state index is 12.2. The Morgan fingerprint density at radius 2 is 2.05 bits per heavy atom. The van der Waals surface area contributed by atoms with Crippen LogP contribution in [-0.2, 0) is 4.79 Å². The third kappa shape index (κ3) is 4.32. The van der Waals surface area contributed by atoms with E-state index in [4.69, 9.17) is 4.74 Å². The van der Waals surface area contributed by atoms with E-state index in [2.05, 4.69) is 27.8 Å². The molecule has 1 aliphatic heterocycles. The quantitative estimate of drug-likeness (QED) is 0.781. The number of hydrogen-bond acceptors (Lipinski definition) is 3. The fraction of sp³-hybridized carbons (Fsp3) is 0.438. The van der Waals surface area contributed by atoms with E-state index in [0.717, 1.165) is 48.5 Å². The number of methoxy groups -OCH3 is 1. The maximum absolute atomic E-state index is 12.2. The summed E-state index contributed by atoms with van der Waals surface area (Å²) in [6.45, 7) is 6.75. The fourth-order valence-electron chi connectivity index (χ4n) is 2.34. The molecule has 0 saturated carbocycles. The SMILES string of the molecule is CCN1CCN(C(=O)C=Cc2ccc(OC)c(Br)c2)CC1. The van der Waals surface area contributed by atoms with E-state index in [1.807, 2.05) is 29.2 Å². The highest BCUT2D eigenvalue weighted by molar-refractivity contribution is 9.10. The number of halogens is 1. The van der Waals surface area contributed by atoms with Gasteiger partial charge in [0.1, 0.15) is 5.75 Å². The number of rotatable bonds is 4. The summed E-state index contributed by atoms with van der Waals surface area (Å²) in [5, 5.41) is 0. The van der Waals surface area contributed by atoms with Gasteiger partial charge in [-0.05, 0) is 46.2 Å². The van der Waals surface area contributed by atoms with Crippen LogP contribution in [0.15, 0.2) is 28.7 Å². The molecule has 0 bridgehead atoms. The van der Waals surface area contributed by atoms with Crippen LogP contribution in [-0.4, -0.2) is 55.5 Å². The third-order valence-electron chi connectivity index (χ3n) is 3.73. The molecule has 0 unspecified atom stereocenters. The first-order chi connectivity index (χ1) is 10.1. The minimum Gasteiger partial charge on any atom is -0.496 e. The number of carbonyl (C=O) groups is 1. The number of piperazine rings is 1. The molecule has 0 N–H and O–H groups in total. The van der Waals surface area contributed by atoms with Gasteiger partial charge in [-0.15, -0.1) is 0 Å². The van der Waals surface area contributed by atoms with Crippen molar-refractivity contribution in [1.29, 1.82) is 0 Å². The van der Waals surface area contributed by atoms with E-state index in [-0.39, 0.29) is 5.91 Å². The molecular formula is C16H21BrN2O2. The van der Waals surface area contributed by atoms with Gasteiger partial charge in [0.05, 0.1) is 11.6 Å². The van der Waals surface area contributed by atoms with Gasteiger partial charge in [0.15, 0.2) is 0 Å². The van der Waals surface area contributed by atoms with Crippen molar-refractivity contribution in [2.24, 2.45) is 0 Å². The minimum absolute atomic E-state index is 0.0812. The van der Waals surface area contributed by atoms with Crippen LogP contribution >= 0.6 is 15.9 Å². The standard InChI is InChI=1S/C16H21BrN2O2/c1-3-18-8-10-19(11-9-18)16(20)7-5-13-4-6-15(21-2)14(17)12-13/h4-7,12H,3,8-11H2,1-2H3. The fourth-order valence-corrected chi connectivity index (χ4v) is 2.90. The van der Waals surface area contributed by atoms with Crippen LogP contribution in [0.1, 0.15) is 12.5 Å². The summed E-state index contributed by atoms with van der Waals surface area (Å²) in [7, 11) is 1.63. The van der Waals surface area contributed by atoms with Gasteiger partial charge in [-0.3, -0.25) is 4.79 Å². The molecular weight excluding hydrogens is 332 g/mol. The summed E-state index contributed by atoms with van der Waals surface area (Å²) in [4.78, 5) is 16.4. The summed E-state index contributed by atoms with van der Waals surface area (Å²) < 4.78 is 6.08. The molecule has 1 heterocycles. The average Bonchev–Trinajstić information content (AvgIpc) is 2.52. The Bertz CT molecular complexity index is 523. The molecule has 1 aromatic rings. The van der Waals surface area contributed by atoms with E-state index < -0.39 is 0 Å². The van der Waals surface area contributed by atoms with Gasteiger partial charge in [0, 0.05) is 32.3 Å². The summed E-state index contributed by atoms with van der Waals surface area (Å²) >= 11 is 3.45. The molecule has 1 saturated heterocycles. The molecule has 0 aliphatic carbocycles. The lowest BCUT2D eigenvalue weighted by molar-refractivity contribution is -0.127. The second-order valence-electron chi connectivity index (χ2n) is 4.99. The van der Waals surface area contributed by atoms with Gasteiger partial charge in [-0.1, -0.05) is 13.0 Å². The third-order valence-corrected chi connectivity index (χ3v) is 4.35. The molecule has 1 fully saturated rings. The van der Waals surface area contributed by atoms with Crippen LogP contribution < -0.4 is 4.74 Å². The van der Waals surface area contributed by atoms with Crippen molar-refractivity contribution in [2.75, 3.05) is 39.8 Å². The highest BCUT2D eigenvalue weighted by Crippen LogP contribution is 2.25. The van der Waals surface area contributed by atoms with Crippen LogP contribution in [0.25, 0.3) is 6.08 Å². The number of amides is 1. The monoisotopic (exact) mass is 352 g/mol. The van der Waals surface area contributed by atoms with Crippen LogP contribution in [0.2, 0.25) is 0 Å². The lowest BCUT2D eigenvalue weighted by Gasteiger charge is -2.33. The molecule has 5 heteroatoms. The van der Waals surface area contributed by atoms with Crippen molar-refractivity contribution in [3.63, 3.8) is 0 Å². The van der Waals surface area contributed by atoms with Crippen molar-refractivity contribution in [3.8, 4) is 5.75 Å². The first kappa shape index (κ1) is 16.0. The molecule has 0 radical (unpaired) electrons. The Balaban J connectivity index is 1.94. The highest BCUT2D eigenvalue weighted by atomic mass is 79.9. The number of benzene rings is 1. The van der Waals surface area contributed by atoms with E-state index in [9.17, 15) is 4.79 Å². The van der Waals surface area contributed by atoms with Gasteiger partial charge < -0.3 is 14.5 Å². The second kappa shape index (κ2) is 7.61. The van der Waals surface area contributed by atoms with E-state index >= 15 is 0 Å². The van der Waals surface area contributed by atoms with Gasteiger partial charge in [0.2, 0.25) is 5.91 Å². The summed E-state index contributed by atoms with van der Waals surface area (Å²) in [6, 6.07) is 5.76. The average molecular weight is 353 g/mol. The van der Waals surface area contributed by atoms with Gasteiger partial charge in [0.25, 0.3) is 0 Å². The van der Waals surface area contributed by atoms with Crippen LogP contribution in [0, 0.1) is 0 Å². The molecule has 1 amide bonds. The van der Waals surface area contributed by atoms with Gasteiger partial charge in [-0.2, -0.15) is 0 Å². The molecule has 0 aromatic heterocycles. The second-order valence-corrected chi connectivity index (χ2v) is 5.84. The summed E-state index contributed by atoms with van der Waals surface area (Å²) in [6.07, 6.45) is 3.49. The Labute approximate surface area is 134 Å². The Morgan fingerprint density at radius 3 is 2.62 bits per heavy atom. The zero-order valence-corrected chi connectivity index (χ0v) is 14.1. The van der Waals surface area contributed by atoms with E-state index in [1.54, 1.807) is 13.2 Å². The van der Waals surface area contributed by atoms with Crippen LogP contribution in [0.3, 0.4) is 0 Å². The predicted molar refractivity (Wildman–Crippen MR) is 88.4 cm³/mol. The number of nitrogens with zero attached hydrogens (tertiary/aromatic N) is 2. The molecule has 0 atom stereocenters. The van der Waals surface area contributed by atoms with Crippen LogP contribution in [0.4, 0.5) is 0 Å². The topological polar surface area (TPSA) is 32.8 Å². The van der Waals surface area contributed by atoms with Crippen molar-refractivity contribution in [1.82, 2.24) is 9.80 Å². The zero-order valence-electron chi connectivity index (χ0n) is 12.5. The summed E-state index contributed by atoms with van der Waals surface area (Å²) in [5.74, 6) is 0.867. The largest absolute Gasteiger partial charge is 0.496 e. The number of ether oxygens (including phenoxy) is 1. The molecule has 114 valence electrons. The molecule has 4 nitrogen and oxygen atoms in total. The smallest absolute Gasteiger partial charge is 0.246 e. The zero-order chi connectivity index (χ0) is 15.2. The predicted octanol–water partition coefficient (Wildman–Crippen LogP) is 2.64. The molecule has 21 heavy (non-hydrogen) atoms. The maximum Gasteiger partial charge on any atom is 0.246 e. The van der Waals surface area contributed by atoms with Crippen LogP contribution in [0.5, 0.6) is 5.75 Å². The first-order valence-corrected chi connectivity index (χ1v) is 7.96. The summed E-state index contributed by atoms with van der Waals surface area (Å²) in [5.41, 5.74) is 0.975. The first-order valence-electron chi connectivity index (χ1n) is 7.17. The molecule has 1 aliphatic rings. The lowest BCUT2D eigenvalue weighted by Crippen LogP contribution is -2.48. The Kier molecular flexibility index (Phi) is 5.82. The van der Waals surface area contributed by atoms with Gasteiger partial charge in [-0.25, -0.2) is 0 Å². The highest BCUT2D eigenvalue weighted by Gasteiger charge is 2.18. The lowest BCUT2D eigenvalue weighted by atomic mass is 10.2. The Morgan fingerprint density at radius 1 is 1.33 bits per heavy atom. The number of likely N-dealkylation sites (N-methyl/N-ethyl adjacent to an activating group) is 1. The van der Waals surface area contributed by atoms with Crippen molar-refractivity contribution >= 4 is 27.9 Å². The number of hydrogen-bond donors (Lipinski definition) is 0. The van der Waals surface area contributed by atoms with Crippen molar-refractivity contribution in [2.45, 2.75) is 6.92 Å². The van der Waals surface area contributed by atoms with E-state index in [1.165, 1.54) is 0 Å². The minimum atomic E-state index is 0.0812. The molecule has 2 rings (SSSR count). The van der Waals surface area contributed by atoms with Crippen molar-refractivity contribution < 1.29 is 9.53 Å². The molecule has 0 spiro atoms. The van der Waals surface area contributed by atoms with Crippen molar-refractivity contribution in [3.05, 3.63) is 34.3 Å².